The minimum atomic E-state index is 1.18. The van der Waals surface area contributed by atoms with E-state index in [1.54, 1.807) is 0 Å². The molecule has 0 spiro atoms. The quantitative estimate of drug-likeness (QED) is 0.634. The van der Waals surface area contributed by atoms with Gasteiger partial charge in [0, 0.05) is 0 Å². The molecule has 0 heteroatoms. The molecule has 0 aliphatic rings. The smallest absolute Gasteiger partial charge is 0.00931 e. The van der Waals surface area contributed by atoms with E-state index >= 15 is 0 Å². The van der Waals surface area contributed by atoms with Gasteiger partial charge in [-0.15, -0.1) is 0 Å². The van der Waals surface area contributed by atoms with Crippen LogP contribution in [-0.2, 0) is 0 Å². The lowest BCUT2D eigenvalue weighted by Crippen LogP contribution is -1.85. The third kappa shape index (κ3) is 2.37. The highest BCUT2D eigenvalue weighted by atomic mass is 14.0. The van der Waals surface area contributed by atoms with Crippen LogP contribution in [0.15, 0.2) is 18.2 Å². The van der Waals surface area contributed by atoms with Crippen molar-refractivity contribution in [1.29, 1.82) is 0 Å². The summed E-state index contributed by atoms with van der Waals surface area (Å²) in [6.45, 7) is 6.52. The van der Waals surface area contributed by atoms with Gasteiger partial charge in [0.25, 0.3) is 0 Å². The summed E-state index contributed by atoms with van der Waals surface area (Å²) < 4.78 is 0. The Labute approximate surface area is 75.6 Å². The Bertz CT molecular complexity index is 248. The van der Waals surface area contributed by atoms with Crippen LogP contribution < -0.4 is 0 Å². The fraction of sp³-hybridized carbons (Fsp3) is 0.417. The molecule has 1 rings (SSSR count). The first-order chi connectivity index (χ1) is 5.74. The van der Waals surface area contributed by atoms with Crippen molar-refractivity contribution in [2.24, 2.45) is 0 Å². The summed E-state index contributed by atoms with van der Waals surface area (Å²) in [6, 6.07) is 6.64. The maximum atomic E-state index is 2.30. The van der Waals surface area contributed by atoms with Gasteiger partial charge in [-0.25, -0.2) is 0 Å². The summed E-state index contributed by atoms with van der Waals surface area (Å²) >= 11 is 0. The van der Waals surface area contributed by atoms with Gasteiger partial charge in [-0.05, 0) is 43.4 Å². The topological polar surface area (TPSA) is 0 Å². The molecular weight excluding hydrogens is 144 g/mol. The molecule has 65 valence electrons. The van der Waals surface area contributed by atoms with Crippen molar-refractivity contribution in [3.05, 3.63) is 41.3 Å². The van der Waals surface area contributed by atoms with E-state index in [0.29, 0.717) is 0 Å². The molecule has 0 aromatic heterocycles. The van der Waals surface area contributed by atoms with E-state index < -0.39 is 0 Å². The Morgan fingerprint density at radius 3 is 2.50 bits per heavy atom. The van der Waals surface area contributed by atoms with Crippen LogP contribution in [0.2, 0.25) is 0 Å². The zero-order valence-corrected chi connectivity index (χ0v) is 8.22. The fourth-order valence-electron chi connectivity index (χ4n) is 1.20. The second-order valence-corrected chi connectivity index (χ2v) is 3.34. The second kappa shape index (κ2) is 4.30. The average molecular weight is 161 g/mol. The summed E-state index contributed by atoms with van der Waals surface area (Å²) in [5.41, 5.74) is 4.13. The van der Waals surface area contributed by atoms with Crippen LogP contribution in [0.5, 0.6) is 0 Å². The van der Waals surface area contributed by atoms with Gasteiger partial charge in [-0.2, -0.15) is 0 Å². The molecule has 0 aliphatic heterocycles. The van der Waals surface area contributed by atoms with Crippen LogP contribution in [0.1, 0.15) is 36.5 Å². The van der Waals surface area contributed by atoms with E-state index in [9.17, 15) is 0 Å². The van der Waals surface area contributed by atoms with E-state index in [0.717, 1.165) is 0 Å². The zero-order chi connectivity index (χ0) is 8.97. The van der Waals surface area contributed by atoms with Gasteiger partial charge in [0.15, 0.2) is 0 Å². The first-order valence-corrected chi connectivity index (χ1v) is 4.64. The average Bonchev–Trinajstić information content (AvgIpc) is 2.07. The van der Waals surface area contributed by atoms with Crippen molar-refractivity contribution in [1.82, 2.24) is 0 Å². The molecular formula is C12H17. The van der Waals surface area contributed by atoms with Crippen LogP contribution >= 0.6 is 0 Å². The van der Waals surface area contributed by atoms with Crippen LogP contribution in [0.3, 0.4) is 0 Å². The fourth-order valence-corrected chi connectivity index (χ4v) is 1.20. The van der Waals surface area contributed by atoms with Crippen LogP contribution in [0, 0.1) is 20.3 Å². The maximum absolute atomic E-state index is 2.30. The van der Waals surface area contributed by atoms with Gasteiger partial charge in [-0.3, -0.25) is 0 Å². The molecule has 0 saturated carbocycles. The van der Waals surface area contributed by atoms with Gasteiger partial charge >= 0.3 is 0 Å². The van der Waals surface area contributed by atoms with E-state index in [2.05, 4.69) is 45.4 Å². The lowest BCUT2D eigenvalue weighted by atomic mass is 10.0. The molecule has 0 amide bonds. The second-order valence-electron chi connectivity index (χ2n) is 3.34. The minimum absolute atomic E-state index is 1.18. The zero-order valence-electron chi connectivity index (χ0n) is 8.22. The normalized spacial score (nSPS) is 10.2. The number of aryl methyl sites for hydroxylation is 2. The number of hydrogen-bond acceptors (Lipinski definition) is 0. The molecule has 0 atom stereocenters. The van der Waals surface area contributed by atoms with Crippen molar-refractivity contribution >= 4 is 0 Å². The summed E-state index contributed by atoms with van der Waals surface area (Å²) in [5, 5.41) is 0. The van der Waals surface area contributed by atoms with Crippen molar-refractivity contribution in [2.75, 3.05) is 0 Å². The highest BCUT2D eigenvalue weighted by molar-refractivity contribution is 5.33. The molecule has 0 unspecified atom stereocenters. The predicted molar refractivity (Wildman–Crippen MR) is 54.2 cm³/mol. The van der Waals surface area contributed by atoms with Gasteiger partial charge in [0.2, 0.25) is 0 Å². The van der Waals surface area contributed by atoms with Crippen LogP contribution in [-0.4, -0.2) is 0 Å². The number of unbranched alkanes of at least 4 members (excludes halogenated alkanes) is 1. The molecule has 0 nitrogen and oxygen atoms in total. The summed E-state index contributed by atoms with van der Waals surface area (Å²) in [7, 11) is 0. The van der Waals surface area contributed by atoms with Crippen LogP contribution in [0.4, 0.5) is 0 Å². The standard InChI is InChI=1S/C12H17/c1-4-5-6-12-8-7-10(2)11(3)9-12/h6-9H,4-5H2,1-3H3. The summed E-state index contributed by atoms with van der Waals surface area (Å²) in [4.78, 5) is 0. The Kier molecular flexibility index (Phi) is 3.33. The monoisotopic (exact) mass is 161 g/mol. The Balaban J connectivity index is 2.69. The van der Waals surface area contributed by atoms with E-state index in [1.165, 1.54) is 29.5 Å². The van der Waals surface area contributed by atoms with Gasteiger partial charge in [0.05, 0.1) is 0 Å². The van der Waals surface area contributed by atoms with Crippen molar-refractivity contribution < 1.29 is 0 Å². The molecule has 0 bridgehead atoms. The first-order valence-electron chi connectivity index (χ1n) is 4.64. The lowest BCUT2D eigenvalue weighted by molar-refractivity contribution is 0.913. The SMILES string of the molecule is CCC[CH]c1ccc(C)c(C)c1. The summed E-state index contributed by atoms with van der Waals surface area (Å²) in [5.74, 6) is 0. The highest BCUT2D eigenvalue weighted by Crippen LogP contribution is 2.13. The molecule has 0 N–H and O–H groups in total. The van der Waals surface area contributed by atoms with Gasteiger partial charge in [-0.1, -0.05) is 31.5 Å². The third-order valence-electron chi connectivity index (χ3n) is 2.20. The maximum Gasteiger partial charge on any atom is -0.00931 e. The number of rotatable bonds is 3. The molecule has 0 saturated heterocycles. The van der Waals surface area contributed by atoms with Crippen molar-refractivity contribution in [3.63, 3.8) is 0 Å². The molecule has 12 heavy (non-hydrogen) atoms. The Hall–Kier alpha value is -0.780. The van der Waals surface area contributed by atoms with E-state index in [1.807, 2.05) is 0 Å². The predicted octanol–water partition coefficient (Wildman–Crippen LogP) is 3.66. The highest BCUT2D eigenvalue weighted by Gasteiger charge is 1.95. The summed E-state index contributed by atoms with van der Waals surface area (Å²) in [6.07, 6.45) is 4.71. The molecule has 0 aliphatic carbocycles. The third-order valence-corrected chi connectivity index (χ3v) is 2.20. The Morgan fingerprint density at radius 1 is 1.17 bits per heavy atom. The van der Waals surface area contributed by atoms with Crippen molar-refractivity contribution in [3.8, 4) is 0 Å². The number of hydrogen-bond donors (Lipinski definition) is 0. The lowest BCUT2D eigenvalue weighted by Gasteiger charge is -2.03. The molecule has 0 heterocycles. The van der Waals surface area contributed by atoms with Crippen LogP contribution in [0.25, 0.3) is 0 Å². The van der Waals surface area contributed by atoms with E-state index in [4.69, 9.17) is 0 Å². The number of benzene rings is 1. The molecule has 1 aromatic carbocycles. The molecule has 0 fully saturated rings. The van der Waals surface area contributed by atoms with Crippen molar-refractivity contribution in [2.45, 2.75) is 33.6 Å². The first kappa shape index (κ1) is 9.31. The van der Waals surface area contributed by atoms with Gasteiger partial charge in [0.1, 0.15) is 0 Å². The molecule has 1 radical (unpaired) electrons. The van der Waals surface area contributed by atoms with Gasteiger partial charge < -0.3 is 0 Å². The molecule has 1 aromatic rings. The Morgan fingerprint density at radius 2 is 1.92 bits per heavy atom. The minimum Gasteiger partial charge on any atom is -0.0654 e. The van der Waals surface area contributed by atoms with E-state index in [-0.39, 0.29) is 0 Å². The largest absolute Gasteiger partial charge is 0.0654 e.